The number of H-pyrrole nitrogens is 1. The summed E-state index contributed by atoms with van der Waals surface area (Å²) in [4.78, 5) is 19.9. The van der Waals surface area contributed by atoms with Crippen LogP contribution in [0.3, 0.4) is 0 Å². The summed E-state index contributed by atoms with van der Waals surface area (Å²) in [6.07, 6.45) is 6.32. The van der Waals surface area contributed by atoms with Crippen molar-refractivity contribution in [3.8, 4) is 22.8 Å². The van der Waals surface area contributed by atoms with Crippen molar-refractivity contribution in [2.24, 2.45) is 0 Å². The van der Waals surface area contributed by atoms with Crippen molar-refractivity contribution in [3.63, 3.8) is 0 Å². The standard InChI is InChI=1S/C17H18N6O2/c1-25-16-4-3-13(11-19-16)23-15(12-5-7-18-10-12)9-14(21-23)17(24)22-8-2-6-20-22/h3-5,7,9-11,18,20H,2,6,8H2,1H3. The second-order valence-electron chi connectivity index (χ2n) is 5.70. The molecule has 0 bridgehead atoms. The minimum absolute atomic E-state index is 0.130. The molecule has 0 aromatic carbocycles. The van der Waals surface area contributed by atoms with E-state index in [-0.39, 0.29) is 5.91 Å². The molecule has 4 rings (SSSR count). The number of pyridine rings is 1. The van der Waals surface area contributed by atoms with Gasteiger partial charge in [0, 0.05) is 37.1 Å². The number of carbonyl (C=O) groups excluding carboxylic acids is 1. The van der Waals surface area contributed by atoms with Crippen LogP contribution in [0.1, 0.15) is 16.9 Å². The zero-order valence-corrected chi connectivity index (χ0v) is 13.8. The maximum absolute atomic E-state index is 12.7. The Hall–Kier alpha value is -3.13. The molecule has 128 valence electrons. The maximum atomic E-state index is 12.7. The van der Waals surface area contributed by atoms with E-state index in [2.05, 4.69) is 20.5 Å². The van der Waals surface area contributed by atoms with Crippen LogP contribution in [0.2, 0.25) is 0 Å². The summed E-state index contributed by atoms with van der Waals surface area (Å²) in [6, 6.07) is 7.36. The highest BCUT2D eigenvalue weighted by molar-refractivity contribution is 5.93. The molecule has 3 aromatic rings. The molecule has 8 nitrogen and oxygen atoms in total. The fourth-order valence-electron chi connectivity index (χ4n) is 2.83. The van der Waals surface area contributed by atoms with Crippen LogP contribution in [0.25, 0.3) is 16.9 Å². The number of carbonyl (C=O) groups is 1. The Morgan fingerprint density at radius 1 is 1.32 bits per heavy atom. The first-order valence-corrected chi connectivity index (χ1v) is 8.05. The molecule has 0 saturated carbocycles. The van der Waals surface area contributed by atoms with Gasteiger partial charge in [-0.25, -0.2) is 15.1 Å². The van der Waals surface area contributed by atoms with E-state index in [0.717, 1.165) is 29.9 Å². The van der Waals surface area contributed by atoms with Gasteiger partial charge in [0.15, 0.2) is 5.69 Å². The Balaban J connectivity index is 1.76. The Morgan fingerprint density at radius 2 is 2.24 bits per heavy atom. The summed E-state index contributed by atoms with van der Waals surface area (Å²) in [5.74, 6) is 0.395. The fourth-order valence-corrected chi connectivity index (χ4v) is 2.83. The van der Waals surface area contributed by atoms with E-state index in [1.165, 1.54) is 0 Å². The zero-order valence-electron chi connectivity index (χ0n) is 13.8. The Morgan fingerprint density at radius 3 is 2.88 bits per heavy atom. The van der Waals surface area contributed by atoms with Crippen LogP contribution in [0.4, 0.5) is 0 Å². The van der Waals surface area contributed by atoms with Crippen molar-refractivity contribution in [1.29, 1.82) is 0 Å². The van der Waals surface area contributed by atoms with Gasteiger partial charge >= 0.3 is 0 Å². The van der Waals surface area contributed by atoms with Crippen molar-refractivity contribution in [1.82, 2.24) is 30.2 Å². The van der Waals surface area contributed by atoms with E-state index in [0.29, 0.717) is 18.1 Å². The van der Waals surface area contributed by atoms with Gasteiger partial charge < -0.3 is 9.72 Å². The average Bonchev–Trinajstić information content (AvgIpc) is 3.42. The van der Waals surface area contributed by atoms with Gasteiger partial charge in [0.25, 0.3) is 5.91 Å². The highest BCUT2D eigenvalue weighted by atomic mass is 16.5. The highest BCUT2D eigenvalue weighted by Gasteiger charge is 2.24. The molecule has 1 aliphatic rings. The lowest BCUT2D eigenvalue weighted by Crippen LogP contribution is -2.37. The number of methoxy groups -OCH3 is 1. The molecule has 4 heterocycles. The van der Waals surface area contributed by atoms with Crippen LogP contribution in [0, 0.1) is 0 Å². The molecule has 1 aliphatic heterocycles. The summed E-state index contributed by atoms with van der Waals surface area (Å²) in [7, 11) is 1.57. The number of nitrogens with zero attached hydrogens (tertiary/aromatic N) is 4. The lowest BCUT2D eigenvalue weighted by atomic mass is 10.2. The first kappa shape index (κ1) is 15.4. The van der Waals surface area contributed by atoms with Crippen LogP contribution in [-0.4, -0.2) is 50.9 Å². The van der Waals surface area contributed by atoms with Gasteiger partial charge in [-0.3, -0.25) is 9.80 Å². The molecule has 25 heavy (non-hydrogen) atoms. The monoisotopic (exact) mass is 338 g/mol. The highest BCUT2D eigenvalue weighted by Crippen LogP contribution is 2.24. The van der Waals surface area contributed by atoms with Crippen molar-refractivity contribution in [2.75, 3.05) is 20.2 Å². The number of hydrogen-bond acceptors (Lipinski definition) is 5. The molecule has 8 heteroatoms. The Labute approximate surface area is 144 Å². The predicted octanol–water partition coefficient (Wildman–Crippen LogP) is 1.62. The normalized spacial score (nSPS) is 14.0. The van der Waals surface area contributed by atoms with Crippen LogP contribution >= 0.6 is 0 Å². The van der Waals surface area contributed by atoms with E-state index in [4.69, 9.17) is 4.74 Å². The third kappa shape index (κ3) is 2.87. The molecular formula is C17H18N6O2. The average molecular weight is 338 g/mol. The van der Waals surface area contributed by atoms with E-state index >= 15 is 0 Å². The number of rotatable bonds is 4. The summed E-state index contributed by atoms with van der Waals surface area (Å²) in [5.41, 5.74) is 5.97. The number of amides is 1. The van der Waals surface area contributed by atoms with Crippen molar-refractivity contribution >= 4 is 5.91 Å². The second-order valence-corrected chi connectivity index (χ2v) is 5.70. The molecule has 1 saturated heterocycles. The summed E-state index contributed by atoms with van der Waals surface area (Å²) < 4.78 is 6.82. The first-order chi connectivity index (χ1) is 12.3. The van der Waals surface area contributed by atoms with Gasteiger partial charge in [-0.05, 0) is 24.6 Å². The molecule has 0 aliphatic carbocycles. The number of nitrogens with one attached hydrogen (secondary N) is 2. The van der Waals surface area contributed by atoms with E-state index in [9.17, 15) is 4.79 Å². The molecule has 2 N–H and O–H groups in total. The molecule has 1 amide bonds. The zero-order chi connectivity index (χ0) is 17.2. The van der Waals surface area contributed by atoms with Crippen molar-refractivity contribution in [2.45, 2.75) is 6.42 Å². The molecule has 3 aromatic heterocycles. The molecular weight excluding hydrogens is 320 g/mol. The van der Waals surface area contributed by atoms with Crippen LogP contribution < -0.4 is 10.2 Å². The molecule has 0 radical (unpaired) electrons. The van der Waals surface area contributed by atoms with Crippen LogP contribution in [0.5, 0.6) is 5.88 Å². The predicted molar refractivity (Wildman–Crippen MR) is 91.4 cm³/mol. The number of hydrazine groups is 1. The summed E-state index contributed by atoms with van der Waals surface area (Å²) >= 11 is 0. The Kier molecular flexibility index (Phi) is 3.95. The molecule has 0 atom stereocenters. The minimum Gasteiger partial charge on any atom is -0.481 e. The van der Waals surface area contributed by atoms with Gasteiger partial charge in [0.2, 0.25) is 5.88 Å². The number of aromatic amines is 1. The van der Waals surface area contributed by atoms with Gasteiger partial charge in [-0.2, -0.15) is 5.10 Å². The maximum Gasteiger partial charge on any atom is 0.288 e. The first-order valence-electron chi connectivity index (χ1n) is 8.05. The Bertz CT molecular complexity index is 863. The summed E-state index contributed by atoms with van der Waals surface area (Å²) in [6.45, 7) is 1.49. The SMILES string of the molecule is COc1ccc(-n2nc(C(=O)N3CCCN3)cc2-c2cc[nH]c2)cn1. The van der Waals surface area contributed by atoms with Gasteiger partial charge in [0.05, 0.1) is 24.7 Å². The van der Waals surface area contributed by atoms with E-state index in [1.807, 2.05) is 24.5 Å². The van der Waals surface area contributed by atoms with Crippen molar-refractivity contribution in [3.05, 3.63) is 48.5 Å². The minimum atomic E-state index is -0.130. The third-order valence-electron chi connectivity index (χ3n) is 4.10. The number of hydrogen-bond donors (Lipinski definition) is 2. The van der Waals surface area contributed by atoms with Crippen molar-refractivity contribution < 1.29 is 9.53 Å². The molecule has 0 spiro atoms. The number of aromatic nitrogens is 4. The lowest BCUT2D eigenvalue weighted by Gasteiger charge is -2.13. The topological polar surface area (TPSA) is 88.1 Å². The second kappa shape index (κ2) is 6.40. The molecule has 0 unspecified atom stereocenters. The van der Waals surface area contributed by atoms with E-state index in [1.54, 1.807) is 35.1 Å². The smallest absolute Gasteiger partial charge is 0.288 e. The third-order valence-corrected chi connectivity index (χ3v) is 4.10. The quantitative estimate of drug-likeness (QED) is 0.755. The molecule has 1 fully saturated rings. The summed E-state index contributed by atoms with van der Waals surface area (Å²) in [5, 5.41) is 6.14. The van der Waals surface area contributed by atoms with Gasteiger partial charge in [-0.15, -0.1) is 0 Å². The van der Waals surface area contributed by atoms with Gasteiger partial charge in [-0.1, -0.05) is 0 Å². The fraction of sp³-hybridized carbons (Fsp3) is 0.235. The lowest BCUT2D eigenvalue weighted by molar-refractivity contribution is 0.0719. The van der Waals surface area contributed by atoms with Crippen LogP contribution in [-0.2, 0) is 0 Å². The van der Waals surface area contributed by atoms with Crippen LogP contribution in [0.15, 0.2) is 42.9 Å². The largest absolute Gasteiger partial charge is 0.481 e. The number of ether oxygens (including phenoxy) is 1. The van der Waals surface area contributed by atoms with E-state index < -0.39 is 0 Å². The van der Waals surface area contributed by atoms with Gasteiger partial charge in [0.1, 0.15) is 0 Å².